The lowest BCUT2D eigenvalue weighted by Crippen LogP contribution is -2.34. The minimum absolute atomic E-state index is 0.0483. The summed E-state index contributed by atoms with van der Waals surface area (Å²) >= 11 is 0. The average molecular weight is 402 g/mol. The molecule has 1 N–H and O–H groups in total. The molecule has 1 aliphatic rings. The van der Waals surface area contributed by atoms with E-state index in [4.69, 9.17) is 9.47 Å². The second-order valence-corrected chi connectivity index (χ2v) is 7.19. The third-order valence-corrected chi connectivity index (χ3v) is 4.37. The summed E-state index contributed by atoms with van der Waals surface area (Å²) < 4.78 is 11.5. The zero-order valence-corrected chi connectivity index (χ0v) is 16.8. The van der Waals surface area contributed by atoms with Crippen LogP contribution in [0.5, 0.6) is 17.4 Å². The Bertz CT molecular complexity index is 1100. The van der Waals surface area contributed by atoms with Crippen LogP contribution in [0.2, 0.25) is 0 Å². The van der Waals surface area contributed by atoms with Crippen LogP contribution in [-0.2, 0) is 11.3 Å². The van der Waals surface area contributed by atoms with Crippen LogP contribution in [0.1, 0.15) is 25.0 Å². The number of hydrogen-bond acceptors (Lipinski definition) is 6. The van der Waals surface area contributed by atoms with Gasteiger partial charge >= 0.3 is 0 Å². The zero-order chi connectivity index (χ0) is 20.9. The number of rotatable bonds is 7. The number of carbonyl (C=O) groups is 1. The number of amides is 1. The van der Waals surface area contributed by atoms with Crippen molar-refractivity contribution in [3.63, 3.8) is 0 Å². The van der Waals surface area contributed by atoms with E-state index in [0.29, 0.717) is 29.7 Å². The molecule has 0 atom stereocenters. The Kier molecular flexibility index (Phi) is 5.70. The van der Waals surface area contributed by atoms with E-state index in [1.165, 1.54) is 5.56 Å². The van der Waals surface area contributed by atoms with Crippen molar-refractivity contribution in [2.45, 2.75) is 26.4 Å². The third-order valence-electron chi connectivity index (χ3n) is 4.37. The van der Waals surface area contributed by atoms with E-state index in [0.717, 1.165) is 11.1 Å². The highest BCUT2D eigenvalue weighted by Gasteiger charge is 2.10. The van der Waals surface area contributed by atoms with Crippen molar-refractivity contribution in [2.75, 3.05) is 6.61 Å². The van der Waals surface area contributed by atoms with Crippen LogP contribution in [0.4, 0.5) is 0 Å². The molecule has 1 aliphatic heterocycles. The number of carbonyl (C=O) groups excluding carboxylic acids is 1. The summed E-state index contributed by atoms with van der Waals surface area (Å²) in [6, 6.07) is 15.0. The Morgan fingerprint density at radius 2 is 2.03 bits per heavy atom. The molecule has 0 fully saturated rings. The topological polar surface area (TPSA) is 85.7 Å². The zero-order valence-electron chi connectivity index (χ0n) is 16.8. The fourth-order valence-electron chi connectivity index (χ4n) is 3.04. The molecule has 4 rings (SSSR count). The second kappa shape index (κ2) is 8.73. The van der Waals surface area contributed by atoms with Gasteiger partial charge in [0.2, 0.25) is 5.88 Å². The van der Waals surface area contributed by atoms with E-state index >= 15 is 0 Å². The van der Waals surface area contributed by atoms with Gasteiger partial charge in [0.15, 0.2) is 12.4 Å². The molecule has 0 unspecified atom stereocenters. The van der Waals surface area contributed by atoms with Crippen LogP contribution >= 0.6 is 0 Å². The van der Waals surface area contributed by atoms with Gasteiger partial charge in [0.05, 0.1) is 6.54 Å². The van der Waals surface area contributed by atoms with Gasteiger partial charge in [-0.15, -0.1) is 0 Å². The van der Waals surface area contributed by atoms with Crippen molar-refractivity contribution in [3.05, 3.63) is 65.9 Å². The number of aromatic nitrogens is 2. The first-order chi connectivity index (χ1) is 14.6. The van der Waals surface area contributed by atoms with Crippen molar-refractivity contribution in [1.82, 2.24) is 15.3 Å². The van der Waals surface area contributed by atoms with E-state index in [9.17, 15) is 4.79 Å². The van der Waals surface area contributed by atoms with Crippen molar-refractivity contribution in [3.8, 4) is 28.8 Å². The highest BCUT2D eigenvalue weighted by Crippen LogP contribution is 2.27. The Balaban J connectivity index is 1.47. The number of nitrogens with zero attached hydrogens (tertiary/aromatic N) is 3. The van der Waals surface area contributed by atoms with Crippen LogP contribution in [0.15, 0.2) is 59.7 Å². The van der Waals surface area contributed by atoms with Crippen molar-refractivity contribution >= 4 is 12.1 Å². The Morgan fingerprint density at radius 3 is 2.90 bits per heavy atom. The van der Waals surface area contributed by atoms with Gasteiger partial charge in [-0.2, -0.15) is 4.98 Å². The number of aliphatic imine (C=N–C) groups is 1. The molecular weight excluding hydrogens is 380 g/mol. The lowest BCUT2D eigenvalue weighted by molar-refractivity contribution is -0.123. The smallest absolute Gasteiger partial charge is 0.258 e. The molecule has 1 amide bonds. The Labute approximate surface area is 174 Å². The van der Waals surface area contributed by atoms with Crippen LogP contribution in [0.25, 0.3) is 11.4 Å². The first-order valence-corrected chi connectivity index (χ1v) is 9.73. The van der Waals surface area contributed by atoms with Crippen LogP contribution in [0, 0.1) is 0 Å². The summed E-state index contributed by atoms with van der Waals surface area (Å²) in [5.41, 5.74) is 3.01. The molecule has 7 nitrogen and oxygen atoms in total. The maximum Gasteiger partial charge on any atom is 0.258 e. The largest absolute Gasteiger partial charge is 0.484 e. The quantitative estimate of drug-likeness (QED) is 0.650. The average Bonchev–Trinajstić information content (AvgIpc) is 3.20. The standard InChI is InChI=1S/C23H22N4O3/c1-15(2)26-21(28)14-29-19-5-3-4-16(10-19)23-25-9-8-22(27-23)30-20-7-6-17-12-24-13-18(17)11-20/h3-11,13,15H,12,14H2,1-2H3,(H,26,28). The van der Waals surface area contributed by atoms with Crippen LogP contribution in [0.3, 0.4) is 0 Å². The normalized spacial score (nSPS) is 12.0. The molecule has 1 aromatic heterocycles. The highest BCUT2D eigenvalue weighted by atomic mass is 16.5. The SMILES string of the molecule is CC(C)NC(=O)COc1cccc(-c2nccc(Oc3ccc4c(c3)C=NC4)n2)c1. The molecule has 3 aromatic rings. The summed E-state index contributed by atoms with van der Waals surface area (Å²) in [6.07, 6.45) is 3.50. The lowest BCUT2D eigenvalue weighted by Gasteiger charge is -2.11. The third kappa shape index (κ3) is 4.81. The summed E-state index contributed by atoms with van der Waals surface area (Å²) in [6.45, 7) is 4.47. The van der Waals surface area contributed by atoms with Crippen molar-refractivity contribution in [1.29, 1.82) is 0 Å². The molecule has 0 saturated heterocycles. The maximum absolute atomic E-state index is 11.8. The van der Waals surface area contributed by atoms with E-state index in [-0.39, 0.29) is 18.6 Å². The van der Waals surface area contributed by atoms with Crippen molar-refractivity contribution < 1.29 is 14.3 Å². The van der Waals surface area contributed by atoms with E-state index in [2.05, 4.69) is 20.3 Å². The highest BCUT2D eigenvalue weighted by molar-refractivity contribution is 5.85. The number of ether oxygens (including phenoxy) is 2. The molecule has 2 heterocycles. The minimum atomic E-state index is -0.165. The summed E-state index contributed by atoms with van der Waals surface area (Å²) in [5, 5.41) is 2.79. The number of nitrogens with one attached hydrogen (secondary N) is 1. The van der Waals surface area contributed by atoms with Crippen LogP contribution in [-0.4, -0.2) is 34.7 Å². The molecule has 0 spiro atoms. The predicted octanol–water partition coefficient (Wildman–Crippen LogP) is 3.77. The predicted molar refractivity (Wildman–Crippen MR) is 114 cm³/mol. The fourth-order valence-corrected chi connectivity index (χ4v) is 3.04. The number of hydrogen-bond donors (Lipinski definition) is 1. The molecule has 0 radical (unpaired) electrons. The molecule has 2 aromatic carbocycles. The van der Waals surface area contributed by atoms with Gasteiger partial charge in [-0.3, -0.25) is 9.79 Å². The first-order valence-electron chi connectivity index (χ1n) is 9.73. The molecular formula is C23H22N4O3. The van der Waals surface area contributed by atoms with E-state index in [1.54, 1.807) is 24.4 Å². The first kappa shape index (κ1) is 19.6. The molecule has 0 aliphatic carbocycles. The van der Waals surface area contributed by atoms with Gasteiger partial charge in [-0.05, 0) is 43.7 Å². The molecule has 0 saturated carbocycles. The second-order valence-electron chi connectivity index (χ2n) is 7.19. The van der Waals surface area contributed by atoms with Gasteiger partial charge in [0.1, 0.15) is 11.5 Å². The minimum Gasteiger partial charge on any atom is -0.484 e. The van der Waals surface area contributed by atoms with Crippen LogP contribution < -0.4 is 14.8 Å². The number of fused-ring (bicyclic) bond motifs is 1. The monoisotopic (exact) mass is 402 g/mol. The van der Waals surface area contributed by atoms with Gasteiger partial charge < -0.3 is 14.8 Å². The Hall–Kier alpha value is -3.74. The molecule has 0 bridgehead atoms. The van der Waals surface area contributed by atoms with Gasteiger partial charge in [0, 0.05) is 35.6 Å². The van der Waals surface area contributed by atoms with E-state index < -0.39 is 0 Å². The lowest BCUT2D eigenvalue weighted by atomic mass is 10.1. The molecule has 7 heteroatoms. The van der Waals surface area contributed by atoms with E-state index in [1.807, 2.05) is 50.4 Å². The van der Waals surface area contributed by atoms with Gasteiger partial charge in [0.25, 0.3) is 5.91 Å². The number of benzene rings is 2. The maximum atomic E-state index is 11.8. The summed E-state index contributed by atoms with van der Waals surface area (Å²) in [4.78, 5) is 24.9. The summed E-state index contributed by atoms with van der Waals surface area (Å²) in [7, 11) is 0. The van der Waals surface area contributed by atoms with Crippen molar-refractivity contribution in [2.24, 2.45) is 4.99 Å². The Morgan fingerprint density at radius 1 is 1.13 bits per heavy atom. The molecule has 152 valence electrons. The summed E-state index contributed by atoms with van der Waals surface area (Å²) in [5.74, 6) is 2.05. The van der Waals surface area contributed by atoms with Gasteiger partial charge in [-0.25, -0.2) is 4.98 Å². The fraction of sp³-hybridized carbons (Fsp3) is 0.217. The van der Waals surface area contributed by atoms with Gasteiger partial charge in [-0.1, -0.05) is 18.2 Å². The molecule has 30 heavy (non-hydrogen) atoms.